The van der Waals surface area contributed by atoms with Crippen LogP contribution in [0.4, 0.5) is 0 Å². The van der Waals surface area contributed by atoms with E-state index in [0.29, 0.717) is 0 Å². The van der Waals surface area contributed by atoms with Crippen LogP contribution in [0.25, 0.3) is 0 Å². The molecule has 2 heteroatoms. The molecule has 0 saturated heterocycles. The van der Waals surface area contributed by atoms with Crippen molar-refractivity contribution in [1.82, 2.24) is 5.09 Å². The van der Waals surface area contributed by atoms with E-state index in [1.807, 2.05) is 7.05 Å². The minimum Gasteiger partial charge on any atom is -0.301 e. The third kappa shape index (κ3) is 8.39. The highest BCUT2D eigenvalue weighted by Crippen LogP contribution is 2.07. The van der Waals surface area contributed by atoms with Crippen molar-refractivity contribution in [2.45, 2.75) is 32.6 Å². The van der Waals surface area contributed by atoms with Crippen LogP contribution in [0.5, 0.6) is 0 Å². The molecule has 0 aromatic carbocycles. The smallest absolute Gasteiger partial charge is 0.0127 e. The summed E-state index contributed by atoms with van der Waals surface area (Å²) in [6.45, 7) is 2.25. The van der Waals surface area contributed by atoms with Crippen molar-refractivity contribution in [2.75, 3.05) is 13.2 Å². The Labute approximate surface area is 60.4 Å². The highest BCUT2D eigenvalue weighted by Gasteiger charge is 1.85. The summed E-state index contributed by atoms with van der Waals surface area (Å²) in [6.07, 6.45) is 6.96. The summed E-state index contributed by atoms with van der Waals surface area (Å²) in [5, 5.41) is 3.17. The molecule has 0 radical (unpaired) electrons. The number of hydrogen-bond acceptors (Lipinski definition) is 1. The molecule has 0 saturated carbocycles. The topological polar surface area (TPSA) is 12.0 Å². The maximum atomic E-state index is 3.17. The molecule has 0 amide bonds. The summed E-state index contributed by atoms with van der Waals surface area (Å²) < 4.78 is 0. The zero-order valence-electron chi connectivity index (χ0n) is 6.54. The molecular formula is C7H18NP. The Morgan fingerprint density at radius 3 is 2.56 bits per heavy atom. The molecule has 1 N–H and O–H groups in total. The Kier molecular flexibility index (Phi) is 8.75. The molecule has 0 bridgehead atoms. The van der Waals surface area contributed by atoms with Crippen LogP contribution in [0.3, 0.4) is 0 Å². The Morgan fingerprint density at radius 1 is 1.22 bits per heavy atom. The molecule has 0 aromatic heterocycles. The fraction of sp³-hybridized carbons (Fsp3) is 1.00. The maximum absolute atomic E-state index is 3.17. The lowest BCUT2D eigenvalue weighted by atomic mass is 10.2. The number of nitrogens with one attached hydrogen (secondary N) is 1. The van der Waals surface area contributed by atoms with Crippen molar-refractivity contribution < 1.29 is 0 Å². The summed E-state index contributed by atoms with van der Waals surface area (Å²) in [5.74, 6) is 0. The first kappa shape index (κ1) is 9.39. The van der Waals surface area contributed by atoms with Gasteiger partial charge in [0.1, 0.15) is 0 Å². The van der Waals surface area contributed by atoms with Gasteiger partial charge in [0, 0.05) is 0 Å². The summed E-state index contributed by atoms with van der Waals surface area (Å²) in [6, 6.07) is 0. The molecule has 9 heavy (non-hydrogen) atoms. The molecule has 1 atom stereocenters. The first-order chi connectivity index (χ1) is 4.41. The van der Waals surface area contributed by atoms with E-state index in [1.165, 1.54) is 31.8 Å². The first-order valence-corrected chi connectivity index (χ1v) is 5.02. The molecule has 0 spiro atoms. The van der Waals surface area contributed by atoms with Gasteiger partial charge in [-0.05, 0) is 19.6 Å². The molecule has 0 aliphatic carbocycles. The molecular weight excluding hydrogens is 129 g/mol. The second kappa shape index (κ2) is 8.39. The zero-order chi connectivity index (χ0) is 6.95. The van der Waals surface area contributed by atoms with E-state index < -0.39 is 0 Å². The van der Waals surface area contributed by atoms with Gasteiger partial charge in [-0.3, -0.25) is 0 Å². The van der Waals surface area contributed by atoms with Crippen LogP contribution in [0.2, 0.25) is 0 Å². The fourth-order valence-electron chi connectivity index (χ4n) is 0.765. The second-order valence-corrected chi connectivity index (χ2v) is 3.59. The van der Waals surface area contributed by atoms with Crippen molar-refractivity contribution in [3.8, 4) is 0 Å². The summed E-state index contributed by atoms with van der Waals surface area (Å²) in [4.78, 5) is 0. The molecule has 0 aromatic rings. The van der Waals surface area contributed by atoms with Gasteiger partial charge in [0.25, 0.3) is 0 Å². The van der Waals surface area contributed by atoms with E-state index in [1.54, 1.807) is 0 Å². The average Bonchev–Trinajstić information content (AvgIpc) is 1.89. The lowest BCUT2D eigenvalue weighted by molar-refractivity contribution is 0.705. The summed E-state index contributed by atoms with van der Waals surface area (Å²) in [7, 11) is 3.00. The van der Waals surface area contributed by atoms with Gasteiger partial charge in [0.2, 0.25) is 0 Å². The van der Waals surface area contributed by atoms with E-state index in [9.17, 15) is 0 Å². The van der Waals surface area contributed by atoms with Gasteiger partial charge in [-0.15, -0.1) is 0 Å². The van der Waals surface area contributed by atoms with Crippen molar-refractivity contribution in [3.63, 3.8) is 0 Å². The van der Waals surface area contributed by atoms with Crippen LogP contribution in [0, 0.1) is 0 Å². The van der Waals surface area contributed by atoms with Gasteiger partial charge >= 0.3 is 0 Å². The van der Waals surface area contributed by atoms with Crippen LogP contribution in [0.15, 0.2) is 0 Å². The van der Waals surface area contributed by atoms with Crippen molar-refractivity contribution in [3.05, 3.63) is 0 Å². The predicted octanol–water partition coefficient (Wildman–Crippen LogP) is 2.38. The Morgan fingerprint density at radius 2 is 2.00 bits per heavy atom. The van der Waals surface area contributed by atoms with Crippen molar-refractivity contribution in [2.24, 2.45) is 0 Å². The van der Waals surface area contributed by atoms with Crippen LogP contribution in [-0.4, -0.2) is 13.2 Å². The second-order valence-electron chi connectivity index (χ2n) is 2.24. The van der Waals surface area contributed by atoms with Crippen LogP contribution in [-0.2, 0) is 0 Å². The van der Waals surface area contributed by atoms with Gasteiger partial charge in [0.05, 0.1) is 0 Å². The van der Waals surface area contributed by atoms with Gasteiger partial charge in [0.15, 0.2) is 0 Å². The highest BCUT2D eigenvalue weighted by molar-refractivity contribution is 7.35. The SMILES string of the molecule is CCCCCCPNC. The molecule has 0 aliphatic heterocycles. The summed E-state index contributed by atoms with van der Waals surface area (Å²) in [5.41, 5.74) is 0. The Bertz CT molecular complexity index is 42.2. The van der Waals surface area contributed by atoms with Crippen molar-refractivity contribution >= 4 is 8.73 Å². The van der Waals surface area contributed by atoms with Crippen LogP contribution < -0.4 is 5.09 Å². The normalized spacial score (nSPS) is 11.3. The molecule has 0 heterocycles. The lowest BCUT2D eigenvalue weighted by Gasteiger charge is -1.97. The molecule has 1 nitrogen and oxygen atoms in total. The van der Waals surface area contributed by atoms with E-state index in [-0.39, 0.29) is 0 Å². The largest absolute Gasteiger partial charge is 0.301 e. The quantitative estimate of drug-likeness (QED) is 0.449. The minimum absolute atomic E-state index is 0.976. The van der Waals surface area contributed by atoms with Gasteiger partial charge in [-0.2, -0.15) is 0 Å². The fourth-order valence-corrected chi connectivity index (χ4v) is 1.44. The molecule has 0 fully saturated rings. The minimum atomic E-state index is 0.976. The standard InChI is InChI=1S/C7H18NP/c1-3-4-5-6-7-9-8-2/h8-9H,3-7H2,1-2H3. The van der Waals surface area contributed by atoms with E-state index in [0.717, 1.165) is 8.73 Å². The van der Waals surface area contributed by atoms with Gasteiger partial charge in [-0.1, -0.05) is 34.9 Å². The number of hydrogen-bond donors (Lipinski definition) is 1. The lowest BCUT2D eigenvalue weighted by Crippen LogP contribution is -1.90. The predicted molar refractivity (Wildman–Crippen MR) is 46.4 cm³/mol. The van der Waals surface area contributed by atoms with Gasteiger partial charge in [-0.25, -0.2) is 0 Å². The zero-order valence-corrected chi connectivity index (χ0v) is 7.54. The third-order valence-electron chi connectivity index (χ3n) is 1.33. The third-order valence-corrected chi connectivity index (χ3v) is 2.29. The first-order valence-electron chi connectivity index (χ1n) is 3.81. The van der Waals surface area contributed by atoms with Gasteiger partial charge < -0.3 is 5.09 Å². The number of rotatable bonds is 6. The van der Waals surface area contributed by atoms with E-state index >= 15 is 0 Å². The summed E-state index contributed by atoms with van der Waals surface area (Å²) >= 11 is 0. The average molecular weight is 147 g/mol. The molecule has 0 rings (SSSR count). The van der Waals surface area contributed by atoms with Crippen molar-refractivity contribution in [1.29, 1.82) is 0 Å². The monoisotopic (exact) mass is 147 g/mol. The van der Waals surface area contributed by atoms with E-state index in [2.05, 4.69) is 12.0 Å². The highest BCUT2D eigenvalue weighted by atomic mass is 31.1. The van der Waals surface area contributed by atoms with Crippen LogP contribution >= 0.6 is 8.73 Å². The maximum Gasteiger partial charge on any atom is -0.0127 e. The Balaban J connectivity index is 2.60. The molecule has 56 valence electrons. The Hall–Kier alpha value is 0.390. The molecule has 0 aliphatic rings. The van der Waals surface area contributed by atoms with E-state index in [4.69, 9.17) is 0 Å². The number of unbranched alkanes of at least 4 members (excludes halogenated alkanes) is 3. The van der Waals surface area contributed by atoms with Crippen LogP contribution in [0.1, 0.15) is 32.6 Å². The molecule has 1 unspecified atom stereocenters.